The Bertz CT molecular complexity index is 355. The third-order valence-electron chi connectivity index (χ3n) is 4.19. The van der Waals surface area contributed by atoms with Crippen molar-refractivity contribution in [1.29, 1.82) is 0 Å². The average Bonchev–Trinajstić information content (AvgIpc) is 3.11. The fraction of sp³-hybridized carbons (Fsp3) is 0.571. The Morgan fingerprint density at radius 2 is 1.80 bits per heavy atom. The Morgan fingerprint density at radius 1 is 1.20 bits per heavy atom. The first-order valence-electron chi connectivity index (χ1n) is 6.08. The molecule has 0 aliphatic heterocycles. The van der Waals surface area contributed by atoms with E-state index in [4.69, 9.17) is 5.73 Å². The summed E-state index contributed by atoms with van der Waals surface area (Å²) in [7, 11) is 0. The summed E-state index contributed by atoms with van der Waals surface area (Å²) in [6.07, 6.45) is 5.32. The zero-order chi connectivity index (χ0) is 10.5. The summed E-state index contributed by atoms with van der Waals surface area (Å²) in [6, 6.07) is 9.54. The maximum atomic E-state index is 6.07. The predicted molar refractivity (Wildman–Crippen MR) is 63.0 cm³/mol. The summed E-state index contributed by atoms with van der Waals surface area (Å²) in [4.78, 5) is 0. The molecule has 2 saturated carbocycles. The Labute approximate surface area is 91.7 Å². The van der Waals surface area contributed by atoms with E-state index in [0.717, 1.165) is 5.92 Å². The number of benzene rings is 1. The highest BCUT2D eigenvalue weighted by Gasteiger charge is 2.47. The predicted octanol–water partition coefficient (Wildman–Crippen LogP) is 2.94. The van der Waals surface area contributed by atoms with E-state index in [0.29, 0.717) is 11.5 Å². The lowest BCUT2D eigenvalue weighted by Gasteiger charge is -2.20. The van der Waals surface area contributed by atoms with Crippen LogP contribution in [0.4, 0.5) is 0 Å². The van der Waals surface area contributed by atoms with Crippen molar-refractivity contribution in [3.63, 3.8) is 0 Å². The molecule has 2 aliphatic rings. The second kappa shape index (κ2) is 3.08. The molecule has 0 bridgehead atoms. The highest BCUT2D eigenvalue weighted by atomic mass is 14.7. The molecule has 1 nitrogen and oxygen atoms in total. The van der Waals surface area contributed by atoms with Crippen LogP contribution in [-0.4, -0.2) is 6.04 Å². The minimum Gasteiger partial charge on any atom is -0.327 e. The molecule has 2 aliphatic carbocycles. The van der Waals surface area contributed by atoms with Gasteiger partial charge < -0.3 is 5.73 Å². The Morgan fingerprint density at radius 3 is 2.20 bits per heavy atom. The molecule has 1 aromatic rings. The lowest BCUT2D eigenvalue weighted by molar-refractivity contribution is 0.556. The second-order valence-corrected chi connectivity index (χ2v) is 5.34. The molecule has 2 fully saturated rings. The van der Waals surface area contributed by atoms with Crippen molar-refractivity contribution < 1.29 is 0 Å². The van der Waals surface area contributed by atoms with Crippen molar-refractivity contribution in [2.45, 2.75) is 50.0 Å². The van der Waals surface area contributed by atoms with Crippen LogP contribution in [0.25, 0.3) is 0 Å². The summed E-state index contributed by atoms with van der Waals surface area (Å²) < 4.78 is 0. The van der Waals surface area contributed by atoms with Crippen LogP contribution >= 0.6 is 0 Å². The third-order valence-corrected chi connectivity index (χ3v) is 4.19. The van der Waals surface area contributed by atoms with Gasteiger partial charge >= 0.3 is 0 Å². The van der Waals surface area contributed by atoms with Crippen LogP contribution in [0.5, 0.6) is 0 Å². The molecule has 3 rings (SSSR count). The van der Waals surface area contributed by atoms with Crippen molar-refractivity contribution in [2.24, 2.45) is 5.73 Å². The van der Waals surface area contributed by atoms with E-state index >= 15 is 0 Å². The SMILES string of the molecule is CC(N)C1(c2ccc(C3CC3)cc2)CC1. The van der Waals surface area contributed by atoms with Crippen LogP contribution in [0, 0.1) is 0 Å². The second-order valence-electron chi connectivity index (χ2n) is 5.34. The van der Waals surface area contributed by atoms with Gasteiger partial charge in [-0.3, -0.25) is 0 Å². The molecule has 0 heterocycles. The minimum absolute atomic E-state index is 0.296. The summed E-state index contributed by atoms with van der Waals surface area (Å²) >= 11 is 0. The maximum Gasteiger partial charge on any atom is 0.0108 e. The van der Waals surface area contributed by atoms with E-state index in [1.165, 1.54) is 36.8 Å². The van der Waals surface area contributed by atoms with Crippen molar-refractivity contribution >= 4 is 0 Å². The normalized spacial score (nSPS) is 24.9. The lowest BCUT2D eigenvalue weighted by atomic mass is 9.89. The first-order valence-corrected chi connectivity index (χ1v) is 6.08. The summed E-state index contributed by atoms with van der Waals surface area (Å²) in [5.41, 5.74) is 9.38. The maximum absolute atomic E-state index is 6.07. The van der Waals surface area contributed by atoms with Gasteiger partial charge in [-0.15, -0.1) is 0 Å². The molecular weight excluding hydrogens is 182 g/mol. The van der Waals surface area contributed by atoms with Gasteiger partial charge in [0.2, 0.25) is 0 Å². The van der Waals surface area contributed by atoms with Crippen molar-refractivity contribution in [2.75, 3.05) is 0 Å². The summed E-state index contributed by atoms with van der Waals surface area (Å²) in [6.45, 7) is 2.14. The molecule has 15 heavy (non-hydrogen) atoms. The first-order chi connectivity index (χ1) is 7.22. The van der Waals surface area contributed by atoms with Crippen LogP contribution in [0.3, 0.4) is 0 Å². The fourth-order valence-electron chi connectivity index (χ4n) is 2.65. The van der Waals surface area contributed by atoms with Crippen molar-refractivity contribution in [1.82, 2.24) is 0 Å². The molecule has 1 aromatic carbocycles. The Hall–Kier alpha value is -0.820. The molecule has 80 valence electrons. The Kier molecular flexibility index (Phi) is 1.93. The monoisotopic (exact) mass is 201 g/mol. The molecule has 0 aromatic heterocycles. The van der Waals surface area contributed by atoms with E-state index < -0.39 is 0 Å². The lowest BCUT2D eigenvalue weighted by Crippen LogP contribution is -2.31. The van der Waals surface area contributed by atoms with E-state index in [-0.39, 0.29) is 0 Å². The largest absolute Gasteiger partial charge is 0.327 e. The number of hydrogen-bond acceptors (Lipinski definition) is 1. The molecule has 1 heteroatoms. The average molecular weight is 201 g/mol. The van der Waals surface area contributed by atoms with Gasteiger partial charge in [0.25, 0.3) is 0 Å². The first kappa shape index (κ1) is 9.41. The van der Waals surface area contributed by atoms with Crippen LogP contribution < -0.4 is 5.73 Å². The van der Waals surface area contributed by atoms with Gasteiger partial charge in [0.15, 0.2) is 0 Å². The van der Waals surface area contributed by atoms with Crippen LogP contribution in [0.1, 0.15) is 49.7 Å². The molecule has 0 spiro atoms. The Balaban J connectivity index is 1.86. The smallest absolute Gasteiger partial charge is 0.0108 e. The van der Waals surface area contributed by atoms with Gasteiger partial charge in [-0.1, -0.05) is 24.3 Å². The topological polar surface area (TPSA) is 26.0 Å². The zero-order valence-corrected chi connectivity index (χ0v) is 9.37. The van der Waals surface area contributed by atoms with Crippen LogP contribution in [0.15, 0.2) is 24.3 Å². The number of nitrogens with two attached hydrogens (primary N) is 1. The quantitative estimate of drug-likeness (QED) is 0.799. The number of hydrogen-bond donors (Lipinski definition) is 1. The molecule has 0 amide bonds. The van der Waals surface area contributed by atoms with E-state index in [9.17, 15) is 0 Å². The minimum atomic E-state index is 0.296. The van der Waals surface area contributed by atoms with Crippen molar-refractivity contribution in [3.8, 4) is 0 Å². The molecule has 0 radical (unpaired) electrons. The van der Waals surface area contributed by atoms with E-state index in [1.54, 1.807) is 0 Å². The van der Waals surface area contributed by atoms with E-state index in [2.05, 4.69) is 31.2 Å². The van der Waals surface area contributed by atoms with Gasteiger partial charge in [-0.25, -0.2) is 0 Å². The van der Waals surface area contributed by atoms with Gasteiger partial charge in [-0.2, -0.15) is 0 Å². The molecule has 2 N–H and O–H groups in total. The van der Waals surface area contributed by atoms with Gasteiger partial charge in [-0.05, 0) is 49.7 Å². The van der Waals surface area contributed by atoms with Gasteiger partial charge in [0, 0.05) is 11.5 Å². The molecule has 0 saturated heterocycles. The van der Waals surface area contributed by atoms with Gasteiger partial charge in [0.05, 0.1) is 0 Å². The van der Waals surface area contributed by atoms with Crippen LogP contribution in [-0.2, 0) is 5.41 Å². The zero-order valence-electron chi connectivity index (χ0n) is 9.37. The molecule has 1 atom stereocenters. The van der Waals surface area contributed by atoms with E-state index in [1.807, 2.05) is 0 Å². The third kappa shape index (κ3) is 1.50. The fourth-order valence-corrected chi connectivity index (χ4v) is 2.65. The molecular formula is C14H19N. The number of rotatable bonds is 3. The highest BCUT2D eigenvalue weighted by Crippen LogP contribution is 2.50. The standard InChI is InChI=1S/C14H19N/c1-10(15)14(8-9-14)13-6-4-12(5-7-13)11-2-3-11/h4-7,10-11H,2-3,8-9,15H2,1H3. The highest BCUT2D eigenvalue weighted by molar-refractivity contribution is 5.37. The van der Waals surface area contributed by atoms with Gasteiger partial charge in [0.1, 0.15) is 0 Å². The van der Waals surface area contributed by atoms with Crippen LogP contribution in [0.2, 0.25) is 0 Å². The van der Waals surface area contributed by atoms with Crippen molar-refractivity contribution in [3.05, 3.63) is 35.4 Å². The summed E-state index contributed by atoms with van der Waals surface area (Å²) in [5, 5.41) is 0. The molecule has 1 unspecified atom stereocenters. The summed E-state index contributed by atoms with van der Waals surface area (Å²) in [5.74, 6) is 0.865.